The molecular formula is C42H66O29S. The van der Waals surface area contributed by atoms with Crippen LogP contribution < -0.4 is 0 Å². The Morgan fingerprint density at radius 3 is 1.49 bits per heavy atom. The van der Waals surface area contributed by atoms with E-state index < -0.39 is 217 Å². The highest BCUT2D eigenvalue weighted by molar-refractivity contribution is 8.00. The van der Waals surface area contributed by atoms with Crippen molar-refractivity contribution in [1.82, 2.24) is 0 Å². The summed E-state index contributed by atoms with van der Waals surface area (Å²) in [6.07, 6.45) is -47.8. The van der Waals surface area contributed by atoms with Gasteiger partial charge in [-0.1, -0.05) is 18.2 Å². The molecule has 1 aromatic carbocycles. The van der Waals surface area contributed by atoms with Crippen LogP contribution in [0.3, 0.4) is 0 Å². The Morgan fingerprint density at radius 2 is 0.931 bits per heavy atom. The van der Waals surface area contributed by atoms with E-state index in [1.807, 2.05) is 0 Å². The second-order valence-electron chi connectivity index (χ2n) is 18.0. The highest BCUT2D eigenvalue weighted by atomic mass is 32.2. The van der Waals surface area contributed by atoms with Crippen molar-refractivity contribution in [3.05, 3.63) is 30.3 Å². The minimum Gasteiger partial charge on any atom is -0.394 e. The van der Waals surface area contributed by atoms with Gasteiger partial charge in [0, 0.05) is 4.90 Å². The van der Waals surface area contributed by atoms with E-state index in [1.54, 1.807) is 30.3 Å². The number of hydrogen-bond donors (Lipinski definition) is 18. The molecule has 0 aliphatic carbocycles. The third kappa shape index (κ3) is 12.2. The van der Waals surface area contributed by atoms with Crippen molar-refractivity contribution in [1.29, 1.82) is 0 Å². The zero-order valence-electron chi connectivity index (χ0n) is 38.0. The lowest BCUT2D eigenvalue weighted by atomic mass is 9.96. The van der Waals surface area contributed by atoms with Crippen molar-refractivity contribution < 1.29 is 144 Å². The van der Waals surface area contributed by atoms with Crippen molar-refractivity contribution in [2.75, 3.05) is 46.2 Å². The van der Waals surface area contributed by atoms with Gasteiger partial charge < -0.3 is 144 Å². The second-order valence-corrected chi connectivity index (χ2v) is 19.3. The van der Waals surface area contributed by atoms with E-state index in [1.165, 1.54) is 0 Å². The summed E-state index contributed by atoms with van der Waals surface area (Å²) in [4.78, 5) is 0.516. The first-order valence-electron chi connectivity index (χ1n) is 23.1. The van der Waals surface area contributed by atoms with Crippen LogP contribution in [0.1, 0.15) is 0 Å². The minimum atomic E-state index is -2.11. The number of fused-ring (bicyclic) bond motifs is 2. The van der Waals surface area contributed by atoms with Crippen LogP contribution >= 0.6 is 11.8 Å². The van der Waals surface area contributed by atoms with E-state index in [4.69, 9.17) is 52.1 Å². The fraction of sp³-hybridized carbons (Fsp3) is 0.857. The standard InChI is InChI=1S/C42H66O29S/c43-6-14(49)21(51)31(15(50)7-44)67-39-27(57)24(54)33(18(10-47)63-39)69-42-30(60)37(72-13-4-2-1-3-5-13)35(19(11-48)65-42)71-40-28(58)25(55)32(17(9-46)64-40)68-41-29(59)36-34(20(66-41)12-61-36)70-38-26(56)23(53)22(52)16(8-45)62-38/h1-5,14-60H,6-12H2/t14-,15+,16+,17+,18+,19+,20+,21+,22+,23-,24+,25+,26+,27+,28+,29+,30-,31+,32+,33+,34+,35+,36+,37-,38+,39+,40+,41+,42+/m0/s1. The van der Waals surface area contributed by atoms with E-state index in [0.29, 0.717) is 4.90 Å². The van der Waals surface area contributed by atoms with Crippen LogP contribution in [0, 0.1) is 0 Å². The Bertz CT molecular complexity index is 1780. The molecule has 72 heavy (non-hydrogen) atoms. The lowest BCUT2D eigenvalue weighted by Gasteiger charge is -2.50. The fourth-order valence-corrected chi connectivity index (χ4v) is 10.5. The normalized spacial score (nSPS) is 46.4. The lowest BCUT2D eigenvalue weighted by molar-refractivity contribution is -0.379. The first-order chi connectivity index (χ1) is 34.4. The highest BCUT2D eigenvalue weighted by Gasteiger charge is 2.59. The topological polar surface area (TPSA) is 466 Å². The zero-order valence-corrected chi connectivity index (χ0v) is 38.8. The van der Waals surface area contributed by atoms with E-state index in [2.05, 4.69) is 0 Å². The Hall–Kier alpha value is -1.59. The van der Waals surface area contributed by atoms with Gasteiger partial charge in [0.15, 0.2) is 31.5 Å². The predicted octanol–water partition coefficient (Wildman–Crippen LogP) is -10.6. The fourth-order valence-electron chi connectivity index (χ4n) is 9.26. The molecule has 0 aromatic heterocycles. The molecule has 414 valence electrons. The monoisotopic (exact) mass is 1070 g/mol. The summed E-state index contributed by atoms with van der Waals surface area (Å²) in [7, 11) is 0. The van der Waals surface area contributed by atoms with Gasteiger partial charge in [0.25, 0.3) is 0 Å². The number of hydrogen-bond acceptors (Lipinski definition) is 30. The Balaban J connectivity index is 1.03. The molecule has 6 fully saturated rings. The molecule has 7 rings (SSSR count). The minimum absolute atomic E-state index is 0.192. The number of ether oxygens (including phenoxy) is 11. The Labute approximate surface area is 413 Å². The number of rotatable bonds is 21. The molecule has 18 N–H and O–H groups in total. The summed E-state index contributed by atoms with van der Waals surface area (Å²) >= 11 is 0.971. The van der Waals surface area contributed by atoms with Crippen LogP contribution in [-0.4, -0.2) is 315 Å². The average molecular weight is 1070 g/mol. The van der Waals surface area contributed by atoms with Gasteiger partial charge in [-0.05, 0) is 12.1 Å². The predicted molar refractivity (Wildman–Crippen MR) is 228 cm³/mol. The summed E-state index contributed by atoms with van der Waals surface area (Å²) < 4.78 is 63.8. The van der Waals surface area contributed by atoms with Crippen molar-refractivity contribution in [3.63, 3.8) is 0 Å². The largest absolute Gasteiger partial charge is 0.394 e. The van der Waals surface area contributed by atoms with E-state index >= 15 is 0 Å². The van der Waals surface area contributed by atoms with E-state index in [0.717, 1.165) is 11.8 Å². The molecule has 0 radical (unpaired) electrons. The summed E-state index contributed by atoms with van der Waals surface area (Å²) in [6, 6.07) is 8.36. The summed E-state index contributed by atoms with van der Waals surface area (Å²) in [5.41, 5.74) is 0. The van der Waals surface area contributed by atoms with Crippen molar-refractivity contribution in [2.45, 2.75) is 182 Å². The maximum Gasteiger partial charge on any atom is 0.187 e. The summed E-state index contributed by atoms with van der Waals surface area (Å²) in [5, 5.41) is 189. The molecule has 30 heteroatoms. The quantitative estimate of drug-likeness (QED) is 0.0543. The Kier molecular flexibility index (Phi) is 20.7. The van der Waals surface area contributed by atoms with Gasteiger partial charge >= 0.3 is 0 Å². The third-order valence-electron chi connectivity index (χ3n) is 13.3. The molecule has 0 amide bonds. The molecule has 0 spiro atoms. The maximum absolute atomic E-state index is 12.0. The molecule has 29 atom stereocenters. The van der Waals surface area contributed by atoms with Gasteiger partial charge in [0.1, 0.15) is 140 Å². The van der Waals surface area contributed by atoms with Gasteiger partial charge in [0.2, 0.25) is 0 Å². The molecule has 6 saturated heterocycles. The van der Waals surface area contributed by atoms with E-state index in [9.17, 15) is 91.9 Å². The van der Waals surface area contributed by atoms with Crippen molar-refractivity contribution >= 4 is 11.8 Å². The van der Waals surface area contributed by atoms with Crippen LogP contribution in [0.15, 0.2) is 35.2 Å². The number of aliphatic hydroxyl groups excluding tert-OH is 18. The Morgan fingerprint density at radius 1 is 0.472 bits per heavy atom. The second kappa shape index (κ2) is 25.7. The summed E-state index contributed by atoms with van der Waals surface area (Å²) in [6.45, 7) is -5.69. The molecule has 0 saturated carbocycles. The van der Waals surface area contributed by atoms with Crippen molar-refractivity contribution in [3.8, 4) is 0 Å². The van der Waals surface area contributed by atoms with Gasteiger partial charge in [-0.15, -0.1) is 11.8 Å². The van der Waals surface area contributed by atoms with Gasteiger partial charge in [-0.3, -0.25) is 0 Å². The molecule has 0 unspecified atom stereocenters. The highest BCUT2D eigenvalue weighted by Crippen LogP contribution is 2.41. The molecule has 1 aromatic rings. The van der Waals surface area contributed by atoms with Crippen LogP contribution in [-0.2, 0) is 52.1 Å². The van der Waals surface area contributed by atoms with Crippen LogP contribution in [0.5, 0.6) is 0 Å². The third-order valence-corrected chi connectivity index (χ3v) is 14.7. The van der Waals surface area contributed by atoms with Crippen LogP contribution in [0.2, 0.25) is 0 Å². The van der Waals surface area contributed by atoms with Gasteiger partial charge in [-0.2, -0.15) is 0 Å². The average Bonchev–Trinajstić information content (AvgIpc) is 3.70. The smallest absolute Gasteiger partial charge is 0.187 e. The molecule has 2 bridgehead atoms. The number of benzene rings is 1. The SMILES string of the molecule is OC[C@@H](O)[C@@H](O[C@H]1O[C@H](CO)[C@@H](O[C@H]2O[C@H](CO)[C@@H](O[C@H]3O[C@H](CO)[C@@H](O[C@H]4O[C@@H]5CO[C@H]([C@H]4O)[C@@H]5O[C@H]4O[C@H](CO)[C@@H](O)[C@H](O)[C@H]4O)[C@H](O)[C@H]3O)[C@@H](Sc3ccccc3)[C@@H]2O)[C@H](O)[C@H]1O)[C@H](O)[C@@H](O)CO. The van der Waals surface area contributed by atoms with Crippen LogP contribution in [0.4, 0.5) is 0 Å². The first-order valence-corrected chi connectivity index (χ1v) is 24.0. The molecular weight excluding hydrogens is 1000 g/mol. The first kappa shape index (κ1) is 58.1. The maximum atomic E-state index is 12.0. The lowest BCUT2D eigenvalue weighted by Crippen LogP contribution is -2.67. The van der Waals surface area contributed by atoms with Crippen molar-refractivity contribution in [2.24, 2.45) is 0 Å². The summed E-state index contributed by atoms with van der Waals surface area (Å²) in [5.74, 6) is 0. The number of aliphatic hydroxyl groups is 18. The molecule has 6 aliphatic heterocycles. The van der Waals surface area contributed by atoms with E-state index in [-0.39, 0.29) is 6.61 Å². The molecule has 29 nitrogen and oxygen atoms in total. The molecule has 6 aliphatic rings. The van der Waals surface area contributed by atoms with Gasteiger partial charge in [0.05, 0.1) is 51.5 Å². The number of thioether (sulfide) groups is 1. The molecule has 6 heterocycles. The van der Waals surface area contributed by atoms with Gasteiger partial charge in [-0.25, -0.2) is 0 Å². The zero-order chi connectivity index (χ0) is 52.3. The van der Waals surface area contributed by atoms with Crippen LogP contribution in [0.25, 0.3) is 0 Å².